The van der Waals surface area contributed by atoms with Crippen molar-refractivity contribution in [3.63, 3.8) is 0 Å². The van der Waals surface area contributed by atoms with Gasteiger partial charge >= 0.3 is 0 Å². The second kappa shape index (κ2) is 8.07. The molecule has 2 aromatic carbocycles. The summed E-state index contributed by atoms with van der Waals surface area (Å²) in [5.74, 6) is 2.14. The molecular weight excluding hydrogens is 372 g/mol. The Morgan fingerprint density at radius 3 is 2.29 bits per heavy atom. The van der Waals surface area contributed by atoms with E-state index >= 15 is 0 Å². The summed E-state index contributed by atoms with van der Waals surface area (Å²) < 4.78 is 5.90. The third-order valence-corrected chi connectivity index (χ3v) is 5.41. The Morgan fingerprint density at radius 1 is 0.857 bits per heavy atom. The van der Waals surface area contributed by atoms with E-state index in [1.54, 1.807) is 6.33 Å². The van der Waals surface area contributed by atoms with Crippen LogP contribution in [0.25, 0.3) is 0 Å². The predicted octanol–water partition coefficient (Wildman–Crippen LogP) is 4.87. The van der Waals surface area contributed by atoms with E-state index in [0.717, 1.165) is 48.3 Å². The lowest BCUT2D eigenvalue weighted by molar-refractivity contribution is 0.460. The Hall–Kier alpha value is -2.79. The lowest BCUT2D eigenvalue weighted by Crippen LogP contribution is -2.46. The van der Waals surface area contributed by atoms with Crippen molar-refractivity contribution in [3.8, 4) is 11.6 Å². The van der Waals surface area contributed by atoms with Crippen LogP contribution in [-0.2, 0) is 0 Å². The first-order valence-electron chi connectivity index (χ1n) is 9.41. The van der Waals surface area contributed by atoms with Gasteiger partial charge in [-0.05, 0) is 49.7 Å². The Kier molecular flexibility index (Phi) is 5.35. The Bertz CT molecular complexity index is 953. The van der Waals surface area contributed by atoms with Gasteiger partial charge < -0.3 is 14.5 Å². The number of hydrogen-bond acceptors (Lipinski definition) is 5. The highest BCUT2D eigenvalue weighted by molar-refractivity contribution is 6.31. The summed E-state index contributed by atoms with van der Waals surface area (Å²) in [6.07, 6.45) is 1.56. The largest absolute Gasteiger partial charge is 0.439 e. The molecule has 0 amide bonds. The molecule has 0 saturated carbocycles. The minimum absolute atomic E-state index is 0.535. The number of ether oxygens (including phenoxy) is 1. The minimum atomic E-state index is 0.535. The van der Waals surface area contributed by atoms with Gasteiger partial charge in [0, 0.05) is 43.0 Å². The normalized spacial score (nSPS) is 14.2. The average Bonchev–Trinajstić information content (AvgIpc) is 2.72. The van der Waals surface area contributed by atoms with E-state index in [-0.39, 0.29) is 0 Å². The van der Waals surface area contributed by atoms with Crippen LogP contribution in [0.2, 0.25) is 5.02 Å². The molecule has 1 saturated heterocycles. The van der Waals surface area contributed by atoms with Crippen molar-refractivity contribution >= 4 is 23.1 Å². The van der Waals surface area contributed by atoms with Gasteiger partial charge in [0.05, 0.1) is 0 Å². The number of aromatic nitrogens is 2. The SMILES string of the molecule is Cc1ccc(N2CCN(c3cc(Oc4ccc(Cl)c(C)c4)ncn3)CC2)cc1. The molecular formula is C22H23ClN4O. The van der Waals surface area contributed by atoms with Crippen LogP contribution in [0, 0.1) is 13.8 Å². The van der Waals surface area contributed by atoms with E-state index in [2.05, 4.69) is 51.0 Å². The number of piperazine rings is 1. The molecule has 2 heterocycles. The summed E-state index contributed by atoms with van der Waals surface area (Å²) in [6, 6.07) is 16.2. The summed E-state index contributed by atoms with van der Waals surface area (Å²) in [7, 11) is 0. The fourth-order valence-corrected chi connectivity index (χ4v) is 3.43. The third-order valence-electron chi connectivity index (χ3n) is 4.98. The van der Waals surface area contributed by atoms with Gasteiger partial charge in [-0.2, -0.15) is 0 Å². The van der Waals surface area contributed by atoms with Crippen molar-refractivity contribution in [3.05, 3.63) is 71.0 Å². The fraction of sp³-hybridized carbons (Fsp3) is 0.273. The van der Waals surface area contributed by atoms with Crippen LogP contribution >= 0.6 is 11.6 Å². The third kappa shape index (κ3) is 4.20. The lowest BCUT2D eigenvalue weighted by Gasteiger charge is -2.36. The quantitative estimate of drug-likeness (QED) is 0.631. The van der Waals surface area contributed by atoms with Crippen molar-refractivity contribution in [1.29, 1.82) is 0 Å². The summed E-state index contributed by atoms with van der Waals surface area (Å²) in [5.41, 5.74) is 3.53. The molecule has 1 aliphatic rings. The lowest BCUT2D eigenvalue weighted by atomic mass is 10.2. The Labute approximate surface area is 170 Å². The van der Waals surface area contributed by atoms with E-state index in [1.807, 2.05) is 31.2 Å². The molecule has 0 bridgehead atoms. The predicted molar refractivity (Wildman–Crippen MR) is 114 cm³/mol. The van der Waals surface area contributed by atoms with Gasteiger partial charge in [-0.1, -0.05) is 29.3 Å². The van der Waals surface area contributed by atoms with Crippen LogP contribution in [0.15, 0.2) is 54.9 Å². The molecule has 4 rings (SSSR count). The number of anilines is 2. The standard InChI is InChI=1S/C22H23ClN4O/c1-16-3-5-18(6-4-16)26-9-11-27(12-10-26)21-14-22(25-15-24-21)28-19-7-8-20(23)17(2)13-19/h3-8,13-15H,9-12H2,1-2H3. The van der Waals surface area contributed by atoms with Crippen LogP contribution in [0.3, 0.4) is 0 Å². The molecule has 0 unspecified atom stereocenters. The van der Waals surface area contributed by atoms with Gasteiger partial charge in [0.2, 0.25) is 5.88 Å². The molecule has 0 radical (unpaired) electrons. The second-order valence-electron chi connectivity index (χ2n) is 7.04. The van der Waals surface area contributed by atoms with E-state index in [4.69, 9.17) is 16.3 Å². The molecule has 0 spiro atoms. The number of rotatable bonds is 4. The molecule has 0 aliphatic carbocycles. The number of nitrogens with zero attached hydrogens (tertiary/aromatic N) is 4. The maximum absolute atomic E-state index is 6.08. The van der Waals surface area contributed by atoms with Crippen LogP contribution in [0.4, 0.5) is 11.5 Å². The van der Waals surface area contributed by atoms with Crippen molar-refractivity contribution < 1.29 is 4.74 Å². The van der Waals surface area contributed by atoms with E-state index < -0.39 is 0 Å². The molecule has 144 valence electrons. The van der Waals surface area contributed by atoms with Gasteiger partial charge in [0.15, 0.2) is 0 Å². The number of benzene rings is 2. The molecule has 1 aliphatic heterocycles. The first-order valence-corrected chi connectivity index (χ1v) is 9.79. The van der Waals surface area contributed by atoms with Crippen molar-refractivity contribution in [1.82, 2.24) is 9.97 Å². The number of aryl methyl sites for hydroxylation is 2. The molecule has 3 aromatic rings. The van der Waals surface area contributed by atoms with Crippen LogP contribution < -0.4 is 14.5 Å². The topological polar surface area (TPSA) is 41.5 Å². The zero-order valence-electron chi connectivity index (χ0n) is 16.1. The molecule has 5 nitrogen and oxygen atoms in total. The minimum Gasteiger partial charge on any atom is -0.439 e. The average molecular weight is 395 g/mol. The number of hydrogen-bond donors (Lipinski definition) is 0. The molecule has 0 N–H and O–H groups in total. The summed E-state index contributed by atoms with van der Waals surface area (Å²) in [5, 5.41) is 0.724. The summed E-state index contributed by atoms with van der Waals surface area (Å²) in [4.78, 5) is 13.4. The van der Waals surface area contributed by atoms with Gasteiger partial charge in [-0.15, -0.1) is 0 Å². The summed E-state index contributed by atoms with van der Waals surface area (Å²) >= 11 is 6.08. The highest BCUT2D eigenvalue weighted by Crippen LogP contribution is 2.27. The summed E-state index contributed by atoms with van der Waals surface area (Å²) in [6.45, 7) is 7.80. The van der Waals surface area contributed by atoms with Gasteiger partial charge in [-0.25, -0.2) is 9.97 Å². The van der Waals surface area contributed by atoms with Crippen LogP contribution in [0.5, 0.6) is 11.6 Å². The zero-order valence-corrected chi connectivity index (χ0v) is 16.9. The second-order valence-corrected chi connectivity index (χ2v) is 7.44. The zero-order chi connectivity index (χ0) is 19.5. The Morgan fingerprint density at radius 2 is 1.57 bits per heavy atom. The fourth-order valence-electron chi connectivity index (χ4n) is 3.31. The van der Waals surface area contributed by atoms with Crippen molar-refractivity contribution in [2.75, 3.05) is 36.0 Å². The highest BCUT2D eigenvalue weighted by Gasteiger charge is 2.19. The van der Waals surface area contributed by atoms with Crippen molar-refractivity contribution in [2.24, 2.45) is 0 Å². The molecule has 1 aromatic heterocycles. The first-order chi connectivity index (χ1) is 13.6. The maximum Gasteiger partial charge on any atom is 0.224 e. The first kappa shape index (κ1) is 18.6. The highest BCUT2D eigenvalue weighted by atomic mass is 35.5. The molecule has 28 heavy (non-hydrogen) atoms. The molecule has 1 fully saturated rings. The van der Waals surface area contributed by atoms with E-state index in [0.29, 0.717) is 5.88 Å². The van der Waals surface area contributed by atoms with Gasteiger partial charge in [0.25, 0.3) is 0 Å². The van der Waals surface area contributed by atoms with Gasteiger partial charge in [-0.3, -0.25) is 0 Å². The smallest absolute Gasteiger partial charge is 0.224 e. The van der Waals surface area contributed by atoms with Crippen molar-refractivity contribution in [2.45, 2.75) is 13.8 Å². The monoisotopic (exact) mass is 394 g/mol. The number of halogens is 1. The molecule has 0 atom stereocenters. The van der Waals surface area contributed by atoms with E-state index in [1.165, 1.54) is 11.3 Å². The van der Waals surface area contributed by atoms with E-state index in [9.17, 15) is 0 Å². The molecule has 6 heteroatoms. The maximum atomic E-state index is 6.08. The van der Waals surface area contributed by atoms with Gasteiger partial charge in [0.1, 0.15) is 17.9 Å². The Balaban J connectivity index is 1.42. The van der Waals surface area contributed by atoms with Crippen LogP contribution in [0.1, 0.15) is 11.1 Å². The van der Waals surface area contributed by atoms with Crippen LogP contribution in [-0.4, -0.2) is 36.1 Å².